The Hall–Kier alpha value is -2.42. The number of thioether (sulfide) groups is 1. The quantitative estimate of drug-likeness (QED) is 0.396. The minimum atomic E-state index is -1.18. The molecule has 0 aliphatic heterocycles. The molecule has 0 radical (unpaired) electrons. The number of nitrogens with zero attached hydrogens (tertiary/aromatic N) is 2. The number of aliphatic carboxylic acids is 1. The lowest BCUT2D eigenvalue weighted by molar-refractivity contribution is -0.666. The summed E-state index contributed by atoms with van der Waals surface area (Å²) in [5, 5.41) is 17.5. The lowest BCUT2D eigenvalue weighted by Gasteiger charge is -2.07. The Bertz CT molecular complexity index is 659. The molecule has 0 aliphatic rings. The van der Waals surface area contributed by atoms with Gasteiger partial charge in [0.1, 0.15) is 0 Å². The summed E-state index contributed by atoms with van der Waals surface area (Å²) in [6.07, 6.45) is 0. The molecule has 0 fully saturated rings. The molecule has 21 heavy (non-hydrogen) atoms. The third kappa shape index (κ3) is 3.19. The van der Waals surface area contributed by atoms with Crippen LogP contribution in [0.2, 0.25) is 0 Å². The Labute approximate surface area is 124 Å². The lowest BCUT2D eigenvalue weighted by Crippen LogP contribution is -2.47. The van der Waals surface area contributed by atoms with Crippen molar-refractivity contribution in [1.82, 2.24) is 10.2 Å². The first-order valence-corrected chi connectivity index (χ1v) is 6.86. The van der Waals surface area contributed by atoms with Crippen LogP contribution in [-0.4, -0.2) is 36.1 Å². The lowest BCUT2D eigenvalue weighted by atomic mass is 10.2. The molecule has 3 N–H and O–H groups in total. The minimum absolute atomic E-state index is 0.229. The molecule has 0 saturated carbocycles. The third-order valence-corrected chi connectivity index (χ3v) is 3.61. The maximum Gasteiger partial charge on any atom is 0.358 e. The summed E-state index contributed by atoms with van der Waals surface area (Å²) in [4.78, 5) is 10.5. The normalized spacial score (nSPS) is 10.4. The standard InChI is InChI=1S/C12H14N4O4S/c1-19-8-4-3-7(5-9(8)20-2)11-14-15-12(16(11)13)21-6-10(17)18/h3-5H,6,13H2,1-2H3,(H,17,18). The van der Waals surface area contributed by atoms with Crippen molar-refractivity contribution in [3.05, 3.63) is 18.2 Å². The van der Waals surface area contributed by atoms with E-state index in [-0.39, 0.29) is 5.75 Å². The van der Waals surface area contributed by atoms with Gasteiger partial charge in [-0.15, -0.1) is 9.77 Å². The van der Waals surface area contributed by atoms with Crippen LogP contribution in [0, 0.1) is 0 Å². The predicted octanol–water partition coefficient (Wildman–Crippen LogP) is -1.06. The molecular formula is C12H14N4O4S. The molecule has 2 rings (SSSR count). The van der Waals surface area contributed by atoms with Crippen molar-refractivity contribution in [3.8, 4) is 22.9 Å². The van der Waals surface area contributed by atoms with Crippen molar-refractivity contribution < 1.29 is 24.1 Å². The number of carboxylic acid groups (broad SMARTS) is 1. The second-order valence-electron chi connectivity index (χ2n) is 3.96. The van der Waals surface area contributed by atoms with Crippen molar-refractivity contribution in [2.75, 3.05) is 25.8 Å². The predicted molar refractivity (Wildman–Crippen MR) is 73.2 cm³/mol. The number of nitrogens with two attached hydrogens (primary N) is 1. The number of nitrogens with one attached hydrogen (secondary N) is 1. The maximum atomic E-state index is 10.5. The van der Waals surface area contributed by atoms with Crippen LogP contribution in [0.5, 0.6) is 11.5 Å². The molecule has 1 heterocycles. The van der Waals surface area contributed by atoms with E-state index in [9.17, 15) is 9.90 Å². The minimum Gasteiger partial charge on any atom is -0.549 e. The molecule has 0 bridgehead atoms. The number of aromatic amines is 1. The smallest absolute Gasteiger partial charge is 0.358 e. The topological polar surface area (TPSA) is 117 Å². The van der Waals surface area contributed by atoms with Crippen molar-refractivity contribution >= 4 is 17.7 Å². The van der Waals surface area contributed by atoms with Crippen molar-refractivity contribution in [2.45, 2.75) is 5.16 Å². The maximum absolute atomic E-state index is 10.5. The number of H-pyrrole nitrogens is 1. The number of carbonyl (C=O) groups is 1. The van der Waals surface area contributed by atoms with Gasteiger partial charge in [-0.2, -0.15) is 0 Å². The van der Waals surface area contributed by atoms with E-state index in [1.807, 2.05) is 0 Å². The van der Waals surface area contributed by atoms with Gasteiger partial charge in [-0.3, -0.25) is 5.84 Å². The molecule has 9 heteroatoms. The number of hydrogen-bond donors (Lipinski definition) is 2. The Morgan fingerprint density at radius 2 is 2.14 bits per heavy atom. The Morgan fingerprint density at radius 1 is 1.43 bits per heavy atom. The number of aromatic nitrogens is 3. The first-order chi connectivity index (χ1) is 10.1. The van der Waals surface area contributed by atoms with E-state index in [0.717, 1.165) is 17.3 Å². The average Bonchev–Trinajstić information content (AvgIpc) is 2.85. The highest BCUT2D eigenvalue weighted by molar-refractivity contribution is 7.99. The summed E-state index contributed by atoms with van der Waals surface area (Å²) in [5.74, 6) is 6.14. The van der Waals surface area contributed by atoms with Gasteiger partial charge in [0, 0.05) is 5.75 Å². The number of ether oxygens (including phenoxy) is 2. The van der Waals surface area contributed by atoms with Crippen LogP contribution in [-0.2, 0) is 4.79 Å². The molecule has 1 aromatic heterocycles. The molecule has 0 amide bonds. The first kappa shape index (κ1) is 15.0. The van der Waals surface area contributed by atoms with Crippen molar-refractivity contribution in [1.29, 1.82) is 0 Å². The van der Waals surface area contributed by atoms with Crippen LogP contribution < -0.4 is 25.1 Å². The van der Waals surface area contributed by atoms with Crippen molar-refractivity contribution in [3.63, 3.8) is 0 Å². The van der Waals surface area contributed by atoms with Gasteiger partial charge < -0.3 is 19.4 Å². The van der Waals surface area contributed by atoms with Gasteiger partial charge in [0.05, 0.1) is 30.9 Å². The van der Waals surface area contributed by atoms with Crippen LogP contribution in [0.1, 0.15) is 0 Å². The number of benzene rings is 1. The molecule has 2 aromatic rings. The van der Waals surface area contributed by atoms with Crippen LogP contribution >= 0.6 is 11.8 Å². The molecular weight excluding hydrogens is 296 g/mol. The van der Waals surface area contributed by atoms with Gasteiger partial charge in [0.15, 0.2) is 11.5 Å². The van der Waals surface area contributed by atoms with E-state index in [2.05, 4.69) is 10.2 Å². The zero-order valence-electron chi connectivity index (χ0n) is 11.5. The van der Waals surface area contributed by atoms with Gasteiger partial charge >= 0.3 is 5.16 Å². The van der Waals surface area contributed by atoms with E-state index >= 15 is 0 Å². The number of hydrogen-bond acceptors (Lipinski definition) is 7. The number of carbonyl (C=O) groups excluding carboxylic acids is 1. The van der Waals surface area contributed by atoms with Gasteiger partial charge in [-0.05, 0) is 30.0 Å². The molecule has 0 atom stereocenters. The zero-order chi connectivity index (χ0) is 15.4. The highest BCUT2D eigenvalue weighted by Gasteiger charge is 2.21. The van der Waals surface area contributed by atoms with Gasteiger partial charge in [0.25, 0.3) is 5.82 Å². The molecule has 8 nitrogen and oxygen atoms in total. The molecule has 1 aromatic carbocycles. The zero-order valence-corrected chi connectivity index (χ0v) is 12.3. The summed E-state index contributed by atoms with van der Waals surface area (Å²) in [6, 6.07) is 5.26. The summed E-state index contributed by atoms with van der Waals surface area (Å²) in [5.41, 5.74) is 0.725. The second kappa shape index (κ2) is 6.35. The van der Waals surface area contributed by atoms with Crippen LogP contribution in [0.25, 0.3) is 11.4 Å². The van der Waals surface area contributed by atoms with Gasteiger partial charge in [0.2, 0.25) is 0 Å². The molecule has 0 unspecified atom stereocenters. The fourth-order valence-electron chi connectivity index (χ4n) is 1.72. The Balaban J connectivity index is 2.32. The number of methoxy groups -OCH3 is 2. The molecule has 0 spiro atoms. The van der Waals surface area contributed by atoms with Gasteiger partial charge in [-0.1, -0.05) is 0 Å². The average molecular weight is 310 g/mol. The largest absolute Gasteiger partial charge is 0.549 e. The van der Waals surface area contributed by atoms with E-state index < -0.39 is 5.97 Å². The van der Waals surface area contributed by atoms with Crippen LogP contribution in [0.3, 0.4) is 0 Å². The Kier molecular flexibility index (Phi) is 4.53. The van der Waals surface area contributed by atoms with Crippen molar-refractivity contribution in [2.24, 2.45) is 0 Å². The highest BCUT2D eigenvalue weighted by atomic mass is 32.2. The van der Waals surface area contributed by atoms with E-state index in [0.29, 0.717) is 22.5 Å². The monoisotopic (exact) mass is 310 g/mol. The summed E-state index contributed by atoms with van der Waals surface area (Å²) in [6.45, 7) is 0. The second-order valence-corrected chi connectivity index (χ2v) is 4.90. The SMILES string of the molecule is COc1ccc(-c2[nH]nc(SCC(=O)[O-])[n+]2N)cc1OC. The van der Waals surface area contributed by atoms with Crippen LogP contribution in [0.15, 0.2) is 23.4 Å². The number of carboxylic acids is 1. The number of rotatable bonds is 6. The molecule has 0 aliphatic carbocycles. The van der Waals surface area contributed by atoms with Gasteiger partial charge in [-0.25, -0.2) is 0 Å². The summed E-state index contributed by atoms with van der Waals surface area (Å²) in [7, 11) is 3.08. The highest BCUT2D eigenvalue weighted by Crippen LogP contribution is 2.30. The molecule has 0 saturated heterocycles. The van der Waals surface area contributed by atoms with E-state index in [1.165, 1.54) is 11.8 Å². The fraction of sp³-hybridized carbons (Fsp3) is 0.250. The summed E-state index contributed by atoms with van der Waals surface area (Å²) >= 11 is 0.966. The Morgan fingerprint density at radius 3 is 2.76 bits per heavy atom. The summed E-state index contributed by atoms with van der Waals surface area (Å²) < 4.78 is 11.7. The third-order valence-electron chi connectivity index (χ3n) is 2.68. The van der Waals surface area contributed by atoms with E-state index in [4.69, 9.17) is 15.3 Å². The molecule has 112 valence electrons. The van der Waals surface area contributed by atoms with E-state index in [1.54, 1.807) is 25.3 Å². The fourth-order valence-corrected chi connectivity index (χ4v) is 2.30. The number of nitrogen functional groups attached to an aromatic ring is 1. The van der Waals surface area contributed by atoms with Crippen LogP contribution in [0.4, 0.5) is 0 Å². The first-order valence-electron chi connectivity index (χ1n) is 5.87.